The fraction of sp³-hybridized carbons (Fsp3) is 0.500. The predicted molar refractivity (Wildman–Crippen MR) is 76.1 cm³/mol. The van der Waals surface area contributed by atoms with Crippen molar-refractivity contribution in [3.05, 3.63) is 35.9 Å². The summed E-state index contributed by atoms with van der Waals surface area (Å²) < 4.78 is 5.24. The molecule has 1 aliphatic rings. The molecular formula is C16H21NO3. The third-order valence-corrected chi connectivity index (χ3v) is 3.70. The summed E-state index contributed by atoms with van der Waals surface area (Å²) >= 11 is 0. The van der Waals surface area contributed by atoms with Crippen LogP contribution in [0, 0.1) is 5.92 Å². The van der Waals surface area contributed by atoms with Gasteiger partial charge >= 0.3 is 5.97 Å². The first kappa shape index (κ1) is 14.7. The molecule has 1 aromatic rings. The van der Waals surface area contributed by atoms with E-state index in [9.17, 15) is 9.59 Å². The maximum Gasteiger partial charge on any atom is 0.307 e. The number of rotatable bonds is 6. The second kappa shape index (κ2) is 7.80. The van der Waals surface area contributed by atoms with Gasteiger partial charge in [-0.2, -0.15) is 0 Å². The van der Waals surface area contributed by atoms with Crippen LogP contribution in [0.4, 0.5) is 0 Å². The minimum Gasteiger partial charge on any atom is -0.461 e. The van der Waals surface area contributed by atoms with Gasteiger partial charge < -0.3 is 14.4 Å². The van der Waals surface area contributed by atoms with Crippen LogP contribution in [0.5, 0.6) is 0 Å². The molecule has 108 valence electrons. The molecule has 1 fully saturated rings. The molecule has 0 aliphatic carbocycles. The second-order valence-electron chi connectivity index (χ2n) is 5.21. The van der Waals surface area contributed by atoms with Gasteiger partial charge in [-0.25, -0.2) is 0 Å². The van der Waals surface area contributed by atoms with Crippen molar-refractivity contribution < 1.29 is 14.3 Å². The SMILES string of the molecule is O=CC1CCN(CCC(=O)OCc2ccccc2)CC1. The van der Waals surface area contributed by atoms with Gasteiger partial charge in [-0.1, -0.05) is 30.3 Å². The quantitative estimate of drug-likeness (QED) is 0.589. The first-order chi connectivity index (χ1) is 9.78. The molecule has 0 radical (unpaired) electrons. The van der Waals surface area contributed by atoms with Crippen LogP contribution in [0.25, 0.3) is 0 Å². The van der Waals surface area contributed by atoms with Gasteiger partial charge in [-0.15, -0.1) is 0 Å². The zero-order valence-electron chi connectivity index (χ0n) is 11.7. The average molecular weight is 275 g/mol. The van der Waals surface area contributed by atoms with E-state index in [2.05, 4.69) is 4.90 Å². The van der Waals surface area contributed by atoms with Crippen LogP contribution in [-0.4, -0.2) is 36.8 Å². The third-order valence-electron chi connectivity index (χ3n) is 3.70. The number of benzene rings is 1. The molecule has 0 bridgehead atoms. The van der Waals surface area contributed by atoms with Crippen molar-refractivity contribution in [3.8, 4) is 0 Å². The minimum absolute atomic E-state index is 0.161. The molecule has 20 heavy (non-hydrogen) atoms. The highest BCUT2D eigenvalue weighted by Gasteiger charge is 2.18. The summed E-state index contributed by atoms with van der Waals surface area (Å²) in [5.41, 5.74) is 1.01. The van der Waals surface area contributed by atoms with E-state index >= 15 is 0 Å². The number of carbonyl (C=O) groups is 2. The fourth-order valence-electron chi connectivity index (χ4n) is 2.37. The Bertz CT molecular complexity index is 425. The molecule has 1 aliphatic heterocycles. The summed E-state index contributed by atoms with van der Waals surface area (Å²) in [6, 6.07) is 9.68. The highest BCUT2D eigenvalue weighted by molar-refractivity contribution is 5.69. The Hall–Kier alpha value is -1.68. The van der Waals surface area contributed by atoms with Crippen molar-refractivity contribution in [2.75, 3.05) is 19.6 Å². The number of hydrogen-bond donors (Lipinski definition) is 0. The summed E-state index contributed by atoms with van der Waals surface area (Å²) in [6.07, 6.45) is 3.27. The van der Waals surface area contributed by atoms with Crippen LogP contribution in [0.15, 0.2) is 30.3 Å². The van der Waals surface area contributed by atoms with Crippen LogP contribution < -0.4 is 0 Å². The molecule has 4 nitrogen and oxygen atoms in total. The maximum absolute atomic E-state index is 11.7. The summed E-state index contributed by atoms with van der Waals surface area (Å²) in [5, 5.41) is 0. The number of nitrogens with zero attached hydrogens (tertiary/aromatic N) is 1. The van der Waals surface area contributed by atoms with Crippen molar-refractivity contribution in [2.45, 2.75) is 25.9 Å². The van der Waals surface area contributed by atoms with Gasteiger partial charge in [-0.3, -0.25) is 4.79 Å². The zero-order chi connectivity index (χ0) is 14.2. The van der Waals surface area contributed by atoms with E-state index in [0.29, 0.717) is 13.0 Å². The Morgan fingerprint density at radius 3 is 2.60 bits per heavy atom. The molecule has 1 saturated heterocycles. The molecule has 0 unspecified atom stereocenters. The van der Waals surface area contributed by atoms with E-state index < -0.39 is 0 Å². The predicted octanol–water partition coefficient (Wildman–Crippen LogP) is 2.03. The van der Waals surface area contributed by atoms with Gasteiger partial charge in [0.25, 0.3) is 0 Å². The molecule has 4 heteroatoms. The molecule has 0 aromatic heterocycles. The van der Waals surface area contributed by atoms with Gasteiger partial charge in [0.15, 0.2) is 0 Å². The molecule has 0 atom stereocenters. The molecule has 0 N–H and O–H groups in total. The van der Waals surface area contributed by atoms with Gasteiger partial charge in [0, 0.05) is 12.5 Å². The highest BCUT2D eigenvalue weighted by Crippen LogP contribution is 2.15. The van der Waals surface area contributed by atoms with Gasteiger partial charge in [0.1, 0.15) is 12.9 Å². The van der Waals surface area contributed by atoms with E-state index in [1.165, 1.54) is 0 Å². The topological polar surface area (TPSA) is 46.6 Å². The zero-order valence-corrected chi connectivity index (χ0v) is 11.7. The summed E-state index contributed by atoms with van der Waals surface area (Å²) in [5.74, 6) is 0.0441. The summed E-state index contributed by atoms with van der Waals surface area (Å²) in [4.78, 5) is 24.6. The number of hydrogen-bond acceptors (Lipinski definition) is 4. The minimum atomic E-state index is -0.161. The van der Waals surface area contributed by atoms with E-state index in [0.717, 1.165) is 44.3 Å². The Morgan fingerprint density at radius 2 is 1.95 bits per heavy atom. The van der Waals surface area contributed by atoms with Crippen LogP contribution in [-0.2, 0) is 20.9 Å². The van der Waals surface area contributed by atoms with Crippen LogP contribution in [0.2, 0.25) is 0 Å². The van der Waals surface area contributed by atoms with E-state index in [1.807, 2.05) is 30.3 Å². The van der Waals surface area contributed by atoms with Crippen LogP contribution >= 0.6 is 0 Å². The van der Waals surface area contributed by atoms with Crippen molar-refractivity contribution in [1.29, 1.82) is 0 Å². The van der Waals surface area contributed by atoms with E-state index in [4.69, 9.17) is 4.74 Å². The number of piperidine rings is 1. The van der Waals surface area contributed by atoms with E-state index in [1.54, 1.807) is 0 Å². The molecular weight excluding hydrogens is 254 g/mol. The lowest BCUT2D eigenvalue weighted by Gasteiger charge is -2.29. The first-order valence-electron chi connectivity index (χ1n) is 7.15. The fourth-order valence-corrected chi connectivity index (χ4v) is 2.37. The Kier molecular flexibility index (Phi) is 5.74. The maximum atomic E-state index is 11.7. The Morgan fingerprint density at radius 1 is 1.25 bits per heavy atom. The standard InChI is InChI=1S/C16H21NO3/c18-12-14-6-9-17(10-7-14)11-8-16(19)20-13-15-4-2-1-3-5-15/h1-5,12,14H,6-11,13H2. The smallest absolute Gasteiger partial charge is 0.307 e. The van der Waals surface area contributed by atoms with Gasteiger partial charge in [0.05, 0.1) is 6.42 Å². The number of esters is 1. The Balaban J connectivity index is 1.62. The van der Waals surface area contributed by atoms with Crippen molar-refractivity contribution in [1.82, 2.24) is 4.90 Å². The highest BCUT2D eigenvalue weighted by atomic mass is 16.5. The molecule has 0 saturated carbocycles. The molecule has 2 rings (SSSR count). The van der Waals surface area contributed by atoms with Crippen molar-refractivity contribution in [2.24, 2.45) is 5.92 Å². The number of aldehydes is 1. The second-order valence-corrected chi connectivity index (χ2v) is 5.21. The molecule has 1 heterocycles. The summed E-state index contributed by atoms with van der Waals surface area (Å²) in [6.45, 7) is 2.86. The van der Waals surface area contributed by atoms with Crippen molar-refractivity contribution >= 4 is 12.3 Å². The van der Waals surface area contributed by atoms with Gasteiger partial charge in [0.2, 0.25) is 0 Å². The lowest BCUT2D eigenvalue weighted by Crippen LogP contribution is -2.35. The molecule has 0 spiro atoms. The normalized spacial score (nSPS) is 16.8. The number of ether oxygens (including phenoxy) is 1. The van der Waals surface area contributed by atoms with E-state index in [-0.39, 0.29) is 11.9 Å². The van der Waals surface area contributed by atoms with Crippen molar-refractivity contribution in [3.63, 3.8) is 0 Å². The van der Waals surface area contributed by atoms with Crippen LogP contribution in [0.3, 0.4) is 0 Å². The largest absolute Gasteiger partial charge is 0.461 e. The lowest BCUT2D eigenvalue weighted by atomic mass is 9.98. The molecule has 0 amide bonds. The average Bonchev–Trinajstić information content (AvgIpc) is 2.52. The Labute approximate surface area is 119 Å². The number of carbonyl (C=O) groups excluding carboxylic acids is 2. The summed E-state index contributed by atoms with van der Waals surface area (Å²) in [7, 11) is 0. The molecule has 1 aromatic carbocycles. The third kappa shape index (κ3) is 4.78. The van der Waals surface area contributed by atoms with Gasteiger partial charge in [-0.05, 0) is 31.5 Å². The number of likely N-dealkylation sites (tertiary alicyclic amines) is 1. The first-order valence-corrected chi connectivity index (χ1v) is 7.15. The monoisotopic (exact) mass is 275 g/mol. The lowest BCUT2D eigenvalue weighted by molar-refractivity contribution is -0.145. The van der Waals surface area contributed by atoms with Crippen LogP contribution in [0.1, 0.15) is 24.8 Å².